The number of aromatic nitrogens is 7. The van der Waals surface area contributed by atoms with E-state index in [1.807, 2.05) is 24.3 Å². The fraction of sp³-hybridized carbons (Fsp3) is 0.0500. The Morgan fingerprint density at radius 3 is 1.85 bits per heavy atom. The van der Waals surface area contributed by atoms with E-state index in [-0.39, 0.29) is 0 Å². The van der Waals surface area contributed by atoms with E-state index in [1.54, 1.807) is 0 Å². The molecule has 0 bridgehead atoms. The van der Waals surface area contributed by atoms with Crippen LogP contribution in [0.3, 0.4) is 0 Å². The van der Waals surface area contributed by atoms with E-state index < -0.39 is 0 Å². The van der Waals surface area contributed by atoms with Crippen molar-refractivity contribution in [1.82, 2.24) is 28.1 Å². The van der Waals surface area contributed by atoms with Gasteiger partial charge in [0, 0.05) is 6.07 Å². The summed E-state index contributed by atoms with van der Waals surface area (Å²) < 4.78 is 18.0. The zero-order valence-electron chi connectivity index (χ0n) is 37.7. The van der Waals surface area contributed by atoms with Gasteiger partial charge in [0.1, 0.15) is 11.5 Å². The second kappa shape index (κ2) is 15.6. The molecule has 13 rings (SSSR count). The Labute approximate surface area is 392 Å². The number of nitrogens with zero attached hydrogens (tertiary/aromatic N) is 7. The summed E-state index contributed by atoms with van der Waals surface area (Å²) in [6.07, 6.45) is 3.81. The molecule has 0 N–H and O–H groups in total. The first-order chi connectivity index (χ1) is 33.5. The molecule has 0 unspecified atom stereocenters. The van der Waals surface area contributed by atoms with E-state index in [9.17, 15) is 0 Å². The Kier molecular flexibility index (Phi) is 9.01. The lowest BCUT2D eigenvalue weighted by Crippen LogP contribution is -2.31. The molecule has 4 heterocycles. The molecule has 0 saturated carbocycles. The molecule has 4 aromatic heterocycles. The summed E-state index contributed by atoms with van der Waals surface area (Å²) in [7, 11) is 0. The lowest BCUT2D eigenvalue weighted by atomic mass is 9.95. The van der Waals surface area contributed by atoms with Gasteiger partial charge in [-0.2, -0.15) is 0 Å². The molecular formula is C60H43N7O. The molecule has 0 atom stereocenters. The first-order valence-corrected chi connectivity index (χ1v) is 22.9. The van der Waals surface area contributed by atoms with Crippen LogP contribution in [0.2, 0.25) is 0 Å². The third kappa shape index (κ3) is 6.18. The minimum Gasteiger partial charge on any atom is -0.458 e. The quantitative estimate of drug-likeness (QED) is 0.113. The van der Waals surface area contributed by atoms with Crippen molar-refractivity contribution in [3.63, 3.8) is 0 Å². The highest BCUT2D eigenvalue weighted by molar-refractivity contribution is 5.94. The summed E-state index contributed by atoms with van der Waals surface area (Å²) in [5.41, 5.74) is 18.9. The van der Waals surface area contributed by atoms with Gasteiger partial charge in [-0.15, -0.1) is 0 Å². The molecule has 9 aromatic carbocycles. The molecule has 0 radical (unpaired) electrons. The lowest BCUT2D eigenvalue weighted by Gasteiger charge is -2.17. The summed E-state index contributed by atoms with van der Waals surface area (Å²) in [6.45, 7) is 6.44. The second-order valence-electron chi connectivity index (χ2n) is 17.4. The highest BCUT2D eigenvalue weighted by atomic mass is 16.5. The fourth-order valence-corrected chi connectivity index (χ4v) is 10.1. The van der Waals surface area contributed by atoms with Crippen LogP contribution >= 0.6 is 0 Å². The smallest absolute Gasteiger partial charge is 0.269 e. The largest absolute Gasteiger partial charge is 0.458 e. The molecule has 13 aromatic rings. The lowest BCUT2D eigenvalue weighted by molar-refractivity contribution is -0.571. The number of ether oxygens (including phenoxy) is 1. The Morgan fingerprint density at radius 2 is 1.09 bits per heavy atom. The van der Waals surface area contributed by atoms with Gasteiger partial charge in [-0.1, -0.05) is 152 Å². The Hall–Kier alpha value is -9.01. The average Bonchev–Trinajstić information content (AvgIpc) is 4.14. The monoisotopic (exact) mass is 877 g/mol. The van der Waals surface area contributed by atoms with Gasteiger partial charge in [0.05, 0.1) is 61.2 Å². The number of hydrogen-bond acceptors (Lipinski definition) is 3. The maximum atomic E-state index is 6.88. The Balaban J connectivity index is 0.970. The number of imidazole rings is 4. The van der Waals surface area contributed by atoms with Crippen molar-refractivity contribution in [1.29, 1.82) is 0 Å². The van der Waals surface area contributed by atoms with Crippen molar-refractivity contribution in [2.45, 2.75) is 20.8 Å². The van der Waals surface area contributed by atoms with Crippen LogP contribution in [0.25, 0.3) is 95.2 Å². The summed E-state index contributed by atoms with van der Waals surface area (Å²) in [4.78, 5) is 10.7. The number of fused-ring (bicyclic) bond motifs is 7. The van der Waals surface area contributed by atoms with Crippen LogP contribution in [-0.4, -0.2) is 28.1 Å². The van der Waals surface area contributed by atoms with Gasteiger partial charge in [-0.25, -0.2) is 14.5 Å². The van der Waals surface area contributed by atoms with Crippen LogP contribution in [0.15, 0.2) is 206 Å². The minimum atomic E-state index is 0.688. The molecule has 0 aliphatic rings. The summed E-state index contributed by atoms with van der Waals surface area (Å²) in [5, 5.41) is 0. The van der Waals surface area contributed by atoms with E-state index in [0.717, 1.165) is 112 Å². The van der Waals surface area contributed by atoms with Gasteiger partial charge < -0.3 is 4.74 Å². The molecule has 0 aliphatic heterocycles. The molecule has 8 heteroatoms. The number of hydrogen-bond donors (Lipinski definition) is 0. The van der Waals surface area contributed by atoms with Gasteiger partial charge in [0.15, 0.2) is 0 Å². The number of aryl methyl sites for hydroxylation is 3. The van der Waals surface area contributed by atoms with Crippen LogP contribution in [0.4, 0.5) is 0 Å². The van der Waals surface area contributed by atoms with Crippen molar-refractivity contribution in [2.24, 2.45) is 0 Å². The van der Waals surface area contributed by atoms with E-state index in [0.29, 0.717) is 11.5 Å². The molecule has 0 saturated heterocycles. The SMILES string of the molecule is Cc1cccc(C)c1-n1c(-n2c3cc(Oc4cccc(-n5[c-][n+](-c6c(-c7ccccc7)cccc6-c6ccccc6)c6ccccc65)c4)ccc3n3c4cccc(C)c4nc23)nc2ccccc21. The molecule has 0 fully saturated rings. The third-order valence-corrected chi connectivity index (χ3v) is 13.2. The van der Waals surface area contributed by atoms with Crippen LogP contribution in [0.5, 0.6) is 11.5 Å². The molecule has 0 amide bonds. The van der Waals surface area contributed by atoms with E-state index >= 15 is 0 Å². The standard InChI is InChI=1S/C60H43N7O/c1-39-18-15-33-54-56(39)62-60-65(54)53-35-34-46(37-55(53)67(60)59-61-49-29-10-11-30-50(49)66(59)57-40(2)19-14-20-41(57)3)68-45-26-16-25-44(36-45)63-38-64(52-32-13-12-31-51(52)63)58-47(42-21-6-4-7-22-42)27-17-28-48(58)43-23-8-5-9-24-43/h4-37H,1-3H3. The van der Waals surface area contributed by atoms with Crippen molar-refractivity contribution < 1.29 is 9.30 Å². The normalized spacial score (nSPS) is 11.8. The van der Waals surface area contributed by atoms with Gasteiger partial charge in [-0.05, 0) is 108 Å². The molecule has 68 heavy (non-hydrogen) atoms. The maximum Gasteiger partial charge on any atom is 0.269 e. The minimum absolute atomic E-state index is 0.688. The van der Waals surface area contributed by atoms with E-state index in [2.05, 4.69) is 232 Å². The molecule has 8 nitrogen and oxygen atoms in total. The number of para-hydroxylation sites is 7. The molecule has 0 spiro atoms. The maximum absolute atomic E-state index is 6.88. The van der Waals surface area contributed by atoms with E-state index in [4.69, 9.17) is 14.7 Å². The van der Waals surface area contributed by atoms with Crippen LogP contribution in [0.1, 0.15) is 16.7 Å². The average molecular weight is 878 g/mol. The number of rotatable bonds is 8. The number of benzene rings is 9. The van der Waals surface area contributed by atoms with Crippen molar-refractivity contribution in [3.05, 3.63) is 229 Å². The molecule has 324 valence electrons. The van der Waals surface area contributed by atoms with Gasteiger partial charge in [-0.3, -0.25) is 18.1 Å². The third-order valence-electron chi connectivity index (χ3n) is 13.2. The Morgan fingerprint density at radius 1 is 0.471 bits per heavy atom. The summed E-state index contributed by atoms with van der Waals surface area (Å²) in [5.74, 6) is 2.91. The Bertz CT molecular complexity index is 4020. The van der Waals surface area contributed by atoms with Gasteiger partial charge in [0.25, 0.3) is 6.33 Å². The van der Waals surface area contributed by atoms with Crippen LogP contribution in [0, 0.1) is 27.1 Å². The highest BCUT2D eigenvalue weighted by Crippen LogP contribution is 2.38. The predicted octanol–water partition coefficient (Wildman–Crippen LogP) is 13.8. The summed E-state index contributed by atoms with van der Waals surface area (Å²) in [6, 6.07) is 71.9. The van der Waals surface area contributed by atoms with Gasteiger partial charge in [0.2, 0.25) is 11.7 Å². The zero-order valence-corrected chi connectivity index (χ0v) is 37.7. The van der Waals surface area contributed by atoms with Crippen LogP contribution in [-0.2, 0) is 0 Å². The second-order valence-corrected chi connectivity index (χ2v) is 17.4. The highest BCUT2D eigenvalue weighted by Gasteiger charge is 2.25. The predicted molar refractivity (Wildman–Crippen MR) is 273 cm³/mol. The van der Waals surface area contributed by atoms with Crippen molar-refractivity contribution in [3.8, 4) is 56.8 Å². The van der Waals surface area contributed by atoms with E-state index in [1.165, 1.54) is 0 Å². The molecule has 0 aliphatic carbocycles. The fourth-order valence-electron chi connectivity index (χ4n) is 10.1. The zero-order chi connectivity index (χ0) is 45.5. The van der Waals surface area contributed by atoms with Gasteiger partial charge >= 0.3 is 0 Å². The van der Waals surface area contributed by atoms with Crippen molar-refractivity contribution >= 4 is 49.9 Å². The van der Waals surface area contributed by atoms with Crippen LogP contribution < -0.4 is 9.30 Å². The molecular weight excluding hydrogens is 835 g/mol. The first-order valence-electron chi connectivity index (χ1n) is 22.9. The first kappa shape index (κ1) is 39.4. The topological polar surface area (TPSA) is 58.1 Å². The van der Waals surface area contributed by atoms with Crippen molar-refractivity contribution in [2.75, 3.05) is 0 Å². The summed E-state index contributed by atoms with van der Waals surface area (Å²) >= 11 is 0.